The Labute approximate surface area is 165 Å². The second kappa shape index (κ2) is 9.32. The van der Waals surface area contributed by atoms with Gasteiger partial charge in [0.2, 0.25) is 11.8 Å². The highest BCUT2D eigenvalue weighted by molar-refractivity contribution is 5.88. The molecule has 1 aromatic carbocycles. The van der Waals surface area contributed by atoms with Crippen molar-refractivity contribution in [3.8, 4) is 0 Å². The van der Waals surface area contributed by atoms with Gasteiger partial charge in [0, 0.05) is 32.4 Å². The SMILES string of the molecule is Cc1cc(CNC(=O)C[C@@H]2C(=O)NCCN2C/C=C/c2ccccc2)nn1C. The van der Waals surface area contributed by atoms with Gasteiger partial charge in [0.25, 0.3) is 0 Å². The van der Waals surface area contributed by atoms with Crippen LogP contribution in [0.1, 0.15) is 23.4 Å². The lowest BCUT2D eigenvalue weighted by atomic mass is 10.1. The third kappa shape index (κ3) is 5.29. The van der Waals surface area contributed by atoms with Gasteiger partial charge >= 0.3 is 0 Å². The van der Waals surface area contributed by atoms with Crippen LogP contribution in [0.4, 0.5) is 0 Å². The highest BCUT2D eigenvalue weighted by Crippen LogP contribution is 2.10. The molecule has 0 bridgehead atoms. The van der Waals surface area contributed by atoms with E-state index >= 15 is 0 Å². The van der Waals surface area contributed by atoms with Crippen LogP contribution in [-0.2, 0) is 23.2 Å². The van der Waals surface area contributed by atoms with E-state index in [1.165, 1.54) is 0 Å². The molecule has 0 radical (unpaired) electrons. The molecule has 148 valence electrons. The molecule has 3 rings (SSSR count). The number of nitrogens with zero attached hydrogens (tertiary/aromatic N) is 3. The summed E-state index contributed by atoms with van der Waals surface area (Å²) in [4.78, 5) is 26.8. The summed E-state index contributed by atoms with van der Waals surface area (Å²) in [5, 5.41) is 10.1. The molecule has 0 saturated carbocycles. The minimum atomic E-state index is -0.459. The zero-order valence-corrected chi connectivity index (χ0v) is 16.4. The van der Waals surface area contributed by atoms with E-state index in [1.807, 2.05) is 67.4 Å². The molecule has 7 heteroatoms. The van der Waals surface area contributed by atoms with Crippen LogP contribution < -0.4 is 10.6 Å². The summed E-state index contributed by atoms with van der Waals surface area (Å²) in [6.45, 7) is 4.28. The number of hydrogen-bond donors (Lipinski definition) is 2. The van der Waals surface area contributed by atoms with Crippen LogP contribution in [0.25, 0.3) is 6.08 Å². The van der Waals surface area contributed by atoms with Crippen LogP contribution in [0.15, 0.2) is 42.5 Å². The number of aromatic nitrogens is 2. The predicted octanol–water partition coefficient (Wildman–Crippen LogP) is 1.25. The summed E-state index contributed by atoms with van der Waals surface area (Å²) in [6.07, 6.45) is 4.21. The lowest BCUT2D eigenvalue weighted by Gasteiger charge is -2.33. The summed E-state index contributed by atoms with van der Waals surface area (Å²) in [7, 11) is 1.87. The van der Waals surface area contributed by atoms with Crippen LogP contribution in [0, 0.1) is 6.92 Å². The van der Waals surface area contributed by atoms with Crippen molar-refractivity contribution < 1.29 is 9.59 Å². The first-order chi connectivity index (χ1) is 13.5. The minimum absolute atomic E-state index is 0.0943. The lowest BCUT2D eigenvalue weighted by molar-refractivity contribution is -0.133. The number of carbonyl (C=O) groups is 2. The van der Waals surface area contributed by atoms with Crippen molar-refractivity contribution in [3.63, 3.8) is 0 Å². The molecule has 1 atom stereocenters. The molecule has 28 heavy (non-hydrogen) atoms. The molecule has 7 nitrogen and oxygen atoms in total. The van der Waals surface area contributed by atoms with Gasteiger partial charge in [-0.1, -0.05) is 42.5 Å². The van der Waals surface area contributed by atoms with E-state index in [9.17, 15) is 9.59 Å². The average Bonchev–Trinajstić information content (AvgIpc) is 3.01. The monoisotopic (exact) mass is 381 g/mol. The Morgan fingerprint density at radius 1 is 1.36 bits per heavy atom. The molecule has 2 N–H and O–H groups in total. The van der Waals surface area contributed by atoms with Gasteiger partial charge < -0.3 is 10.6 Å². The Hall–Kier alpha value is -2.93. The second-order valence-electron chi connectivity index (χ2n) is 7.00. The summed E-state index contributed by atoms with van der Waals surface area (Å²) in [5.41, 5.74) is 2.96. The predicted molar refractivity (Wildman–Crippen MR) is 108 cm³/mol. The zero-order valence-electron chi connectivity index (χ0n) is 16.4. The molecule has 1 fully saturated rings. The van der Waals surface area contributed by atoms with Crippen LogP contribution >= 0.6 is 0 Å². The summed E-state index contributed by atoms with van der Waals surface area (Å²) in [6, 6.07) is 11.5. The van der Waals surface area contributed by atoms with Crippen LogP contribution in [0.3, 0.4) is 0 Å². The van der Waals surface area contributed by atoms with Gasteiger partial charge in [-0.2, -0.15) is 5.10 Å². The van der Waals surface area contributed by atoms with Gasteiger partial charge in [-0.3, -0.25) is 19.2 Å². The number of carbonyl (C=O) groups excluding carboxylic acids is 2. The first-order valence-electron chi connectivity index (χ1n) is 9.52. The Kier molecular flexibility index (Phi) is 6.60. The zero-order chi connectivity index (χ0) is 19.9. The molecule has 2 amide bonds. The van der Waals surface area contributed by atoms with Crippen molar-refractivity contribution in [2.45, 2.75) is 25.9 Å². The van der Waals surface area contributed by atoms with Crippen LogP contribution in [-0.4, -0.2) is 52.2 Å². The summed E-state index contributed by atoms with van der Waals surface area (Å²) >= 11 is 0. The number of rotatable bonds is 7. The van der Waals surface area contributed by atoms with Gasteiger partial charge in [-0.15, -0.1) is 0 Å². The molecule has 1 saturated heterocycles. The molecule has 1 aliphatic rings. The Morgan fingerprint density at radius 3 is 2.86 bits per heavy atom. The van der Waals surface area contributed by atoms with Gasteiger partial charge in [0.15, 0.2) is 0 Å². The smallest absolute Gasteiger partial charge is 0.237 e. The summed E-state index contributed by atoms with van der Waals surface area (Å²) < 4.78 is 1.77. The summed E-state index contributed by atoms with van der Waals surface area (Å²) in [5.74, 6) is -0.245. The highest BCUT2D eigenvalue weighted by Gasteiger charge is 2.30. The van der Waals surface area contributed by atoms with Crippen molar-refractivity contribution in [1.82, 2.24) is 25.3 Å². The third-order valence-electron chi connectivity index (χ3n) is 4.90. The van der Waals surface area contributed by atoms with Gasteiger partial charge in [-0.05, 0) is 18.6 Å². The molecule has 2 aromatic rings. The average molecular weight is 381 g/mol. The molecule has 0 spiro atoms. The fraction of sp³-hybridized carbons (Fsp3) is 0.381. The first-order valence-corrected chi connectivity index (χ1v) is 9.52. The quantitative estimate of drug-likeness (QED) is 0.757. The molecular weight excluding hydrogens is 354 g/mol. The Bertz CT molecular complexity index is 824. The molecule has 0 aliphatic carbocycles. The Morgan fingerprint density at radius 2 is 2.14 bits per heavy atom. The van der Waals surface area contributed by atoms with Crippen molar-refractivity contribution in [2.75, 3.05) is 19.6 Å². The van der Waals surface area contributed by atoms with Gasteiger partial charge in [-0.25, -0.2) is 0 Å². The standard InChI is InChI=1S/C21H27N5O2/c1-16-13-18(24-25(16)2)15-23-20(27)14-19-21(28)22-10-12-26(19)11-6-9-17-7-4-3-5-8-17/h3-9,13,19H,10-12,14-15H2,1-2H3,(H,22,28)(H,23,27)/b9-6+/t19-/m1/s1. The molecule has 0 unspecified atom stereocenters. The van der Waals surface area contributed by atoms with E-state index in [-0.39, 0.29) is 18.2 Å². The Balaban J connectivity index is 1.54. The molecule has 1 aromatic heterocycles. The molecule has 1 aliphatic heterocycles. The first kappa shape index (κ1) is 19.8. The van der Waals surface area contributed by atoms with Crippen molar-refractivity contribution in [3.05, 3.63) is 59.4 Å². The lowest BCUT2D eigenvalue weighted by Crippen LogP contribution is -2.56. The van der Waals surface area contributed by atoms with Gasteiger partial charge in [0.1, 0.15) is 0 Å². The second-order valence-corrected chi connectivity index (χ2v) is 7.00. The van der Waals surface area contributed by atoms with E-state index < -0.39 is 6.04 Å². The third-order valence-corrected chi connectivity index (χ3v) is 4.90. The normalized spacial score (nSPS) is 17.6. The fourth-order valence-electron chi connectivity index (χ4n) is 3.25. The van der Waals surface area contributed by atoms with Crippen LogP contribution in [0.5, 0.6) is 0 Å². The molecular formula is C21H27N5O2. The van der Waals surface area contributed by atoms with Crippen molar-refractivity contribution in [1.29, 1.82) is 0 Å². The van der Waals surface area contributed by atoms with Crippen molar-refractivity contribution in [2.24, 2.45) is 7.05 Å². The minimum Gasteiger partial charge on any atom is -0.353 e. The van der Waals surface area contributed by atoms with Gasteiger partial charge in [0.05, 0.1) is 24.7 Å². The maximum atomic E-state index is 12.4. The maximum Gasteiger partial charge on any atom is 0.237 e. The van der Waals surface area contributed by atoms with Crippen LogP contribution in [0.2, 0.25) is 0 Å². The number of nitrogens with one attached hydrogen (secondary N) is 2. The number of benzene rings is 1. The number of hydrogen-bond acceptors (Lipinski definition) is 4. The van der Waals surface area contributed by atoms with E-state index in [4.69, 9.17) is 0 Å². The van der Waals surface area contributed by atoms with E-state index in [1.54, 1.807) is 4.68 Å². The number of aryl methyl sites for hydroxylation is 2. The fourth-order valence-corrected chi connectivity index (χ4v) is 3.25. The maximum absolute atomic E-state index is 12.4. The molecule has 2 heterocycles. The topological polar surface area (TPSA) is 79.3 Å². The van der Waals surface area contributed by atoms with E-state index in [0.717, 1.165) is 23.5 Å². The highest BCUT2D eigenvalue weighted by atomic mass is 16.2. The van der Waals surface area contributed by atoms with Crippen molar-refractivity contribution >= 4 is 17.9 Å². The largest absolute Gasteiger partial charge is 0.353 e. The van der Waals surface area contributed by atoms with E-state index in [2.05, 4.69) is 15.7 Å². The number of amides is 2. The number of piperazine rings is 1. The van der Waals surface area contributed by atoms with E-state index in [0.29, 0.717) is 19.6 Å².